The molecule has 2 amide bonds. The molecule has 0 fully saturated rings. The normalized spacial score (nSPS) is 16.3. The van der Waals surface area contributed by atoms with Gasteiger partial charge in [-0.2, -0.15) is 0 Å². The average molecular weight is 499 g/mol. The Morgan fingerprint density at radius 1 is 1.18 bits per heavy atom. The number of benzene rings is 1. The third kappa shape index (κ3) is 5.15. The number of hydrogen-bond donors (Lipinski definition) is 2. The molecule has 0 aliphatic heterocycles. The maximum absolute atomic E-state index is 13.0. The third-order valence-electron chi connectivity index (χ3n) is 5.73. The third-order valence-corrected chi connectivity index (χ3v) is 7.75. The molecule has 2 aromatic heterocycles. The molecule has 0 saturated heterocycles. The van der Waals surface area contributed by atoms with Gasteiger partial charge in [0.05, 0.1) is 16.6 Å². The number of carbonyl (C=O) groups is 2. The van der Waals surface area contributed by atoms with E-state index in [9.17, 15) is 14.4 Å². The predicted molar refractivity (Wildman–Crippen MR) is 135 cm³/mol. The summed E-state index contributed by atoms with van der Waals surface area (Å²) in [7, 11) is 1.78. The molecule has 0 unspecified atom stereocenters. The smallest absolute Gasteiger partial charge is 0.295 e. The summed E-state index contributed by atoms with van der Waals surface area (Å²) in [5, 5.41) is 13.6. The van der Waals surface area contributed by atoms with E-state index < -0.39 is 5.25 Å². The van der Waals surface area contributed by atoms with Gasteiger partial charge in [-0.05, 0) is 45.2 Å². The van der Waals surface area contributed by atoms with Crippen LogP contribution in [0.2, 0.25) is 0 Å². The highest BCUT2D eigenvalue weighted by atomic mass is 32.2. The SMILES string of the molecule is Cc1c(NC(=O)[C@H](C)Sc2nnc(NC(=O)[C@@H]3CC=CCC3)s2)c(=O)n(-c2ccccc2)n1C. The number of rotatable bonds is 7. The van der Waals surface area contributed by atoms with Crippen molar-refractivity contribution in [3.05, 3.63) is 58.5 Å². The molecule has 1 aromatic carbocycles. The lowest BCUT2D eigenvalue weighted by Crippen LogP contribution is -2.27. The first-order valence-corrected chi connectivity index (χ1v) is 12.7. The van der Waals surface area contributed by atoms with Crippen molar-refractivity contribution in [3.8, 4) is 5.69 Å². The van der Waals surface area contributed by atoms with Crippen LogP contribution < -0.4 is 16.2 Å². The number of aromatic nitrogens is 4. The van der Waals surface area contributed by atoms with Crippen molar-refractivity contribution < 1.29 is 9.59 Å². The summed E-state index contributed by atoms with van der Waals surface area (Å²) in [5.74, 6) is -0.424. The van der Waals surface area contributed by atoms with Crippen LogP contribution in [0, 0.1) is 12.8 Å². The van der Waals surface area contributed by atoms with Crippen LogP contribution >= 0.6 is 23.1 Å². The van der Waals surface area contributed by atoms with Crippen LogP contribution in [0.5, 0.6) is 0 Å². The molecule has 11 heteroatoms. The minimum atomic E-state index is -0.524. The summed E-state index contributed by atoms with van der Waals surface area (Å²) in [6, 6.07) is 9.26. The summed E-state index contributed by atoms with van der Waals surface area (Å²) < 4.78 is 3.80. The molecule has 1 aliphatic carbocycles. The number of nitrogens with zero attached hydrogens (tertiary/aromatic N) is 4. The van der Waals surface area contributed by atoms with Crippen LogP contribution in [0.15, 0.2) is 51.6 Å². The number of allylic oxidation sites excluding steroid dienone is 2. The molecule has 9 nitrogen and oxygen atoms in total. The second-order valence-corrected chi connectivity index (χ2v) is 10.6. The Balaban J connectivity index is 1.40. The van der Waals surface area contributed by atoms with E-state index in [1.165, 1.54) is 27.8 Å². The fraction of sp³-hybridized carbons (Fsp3) is 0.348. The van der Waals surface area contributed by atoms with Gasteiger partial charge in [-0.3, -0.25) is 19.1 Å². The molecular formula is C23H26N6O3S2. The molecule has 2 N–H and O–H groups in total. The highest BCUT2D eigenvalue weighted by Crippen LogP contribution is 2.30. The van der Waals surface area contributed by atoms with Crippen molar-refractivity contribution in [1.82, 2.24) is 19.6 Å². The minimum absolute atomic E-state index is 0.0521. The fourth-order valence-electron chi connectivity index (χ4n) is 3.69. The summed E-state index contributed by atoms with van der Waals surface area (Å²) in [6.07, 6.45) is 6.57. The molecule has 1 aliphatic rings. The van der Waals surface area contributed by atoms with Gasteiger partial charge < -0.3 is 10.6 Å². The van der Waals surface area contributed by atoms with E-state index in [-0.39, 0.29) is 29.0 Å². The molecule has 4 rings (SSSR count). The minimum Gasteiger partial charge on any atom is -0.319 e. The molecule has 0 bridgehead atoms. The first kappa shape index (κ1) is 24.0. The van der Waals surface area contributed by atoms with Gasteiger partial charge in [0.25, 0.3) is 5.56 Å². The van der Waals surface area contributed by atoms with Gasteiger partial charge in [-0.1, -0.05) is 53.4 Å². The predicted octanol–water partition coefficient (Wildman–Crippen LogP) is 3.75. The van der Waals surface area contributed by atoms with E-state index in [0.717, 1.165) is 19.3 Å². The van der Waals surface area contributed by atoms with Crippen LogP contribution in [0.25, 0.3) is 5.69 Å². The van der Waals surface area contributed by atoms with E-state index in [2.05, 4.69) is 26.9 Å². The van der Waals surface area contributed by atoms with Crippen LogP contribution in [0.1, 0.15) is 31.9 Å². The molecule has 34 heavy (non-hydrogen) atoms. The van der Waals surface area contributed by atoms with Gasteiger partial charge >= 0.3 is 0 Å². The molecule has 0 radical (unpaired) electrons. The van der Waals surface area contributed by atoms with E-state index in [0.29, 0.717) is 20.9 Å². The Morgan fingerprint density at radius 3 is 2.65 bits per heavy atom. The summed E-state index contributed by atoms with van der Waals surface area (Å²) >= 11 is 2.46. The molecule has 3 aromatic rings. The van der Waals surface area contributed by atoms with E-state index in [1.54, 1.807) is 25.6 Å². The van der Waals surface area contributed by atoms with Crippen molar-refractivity contribution in [2.24, 2.45) is 13.0 Å². The molecular weight excluding hydrogens is 472 g/mol. The van der Waals surface area contributed by atoms with Gasteiger partial charge in [0, 0.05) is 13.0 Å². The van der Waals surface area contributed by atoms with Crippen molar-refractivity contribution in [2.75, 3.05) is 10.6 Å². The molecule has 178 valence electrons. The van der Waals surface area contributed by atoms with Crippen LogP contribution in [-0.2, 0) is 16.6 Å². The first-order chi connectivity index (χ1) is 16.3. The van der Waals surface area contributed by atoms with Crippen LogP contribution in [0.4, 0.5) is 10.8 Å². The second-order valence-electron chi connectivity index (χ2n) is 8.03. The quantitative estimate of drug-likeness (QED) is 0.292. The molecule has 2 heterocycles. The van der Waals surface area contributed by atoms with Crippen LogP contribution in [-0.4, -0.2) is 36.6 Å². The number of para-hydroxylation sites is 1. The van der Waals surface area contributed by atoms with Gasteiger partial charge in [-0.15, -0.1) is 10.2 Å². The lowest BCUT2D eigenvalue weighted by atomic mass is 9.94. The van der Waals surface area contributed by atoms with Crippen molar-refractivity contribution in [2.45, 2.75) is 42.7 Å². The second kappa shape index (κ2) is 10.4. The largest absolute Gasteiger partial charge is 0.319 e. The molecule has 0 saturated carbocycles. The Kier molecular flexibility index (Phi) is 7.32. The maximum atomic E-state index is 13.0. The summed E-state index contributed by atoms with van der Waals surface area (Å²) in [4.78, 5) is 38.3. The first-order valence-electron chi connectivity index (χ1n) is 11.0. The van der Waals surface area contributed by atoms with Crippen molar-refractivity contribution >= 4 is 45.7 Å². The summed E-state index contributed by atoms with van der Waals surface area (Å²) in [5.41, 5.74) is 1.32. The summed E-state index contributed by atoms with van der Waals surface area (Å²) in [6.45, 7) is 3.53. The topological polar surface area (TPSA) is 111 Å². The van der Waals surface area contributed by atoms with Gasteiger partial charge in [0.15, 0.2) is 4.34 Å². The Hall–Kier alpha value is -3.18. The number of amides is 2. The lowest BCUT2D eigenvalue weighted by molar-refractivity contribution is -0.120. The van der Waals surface area contributed by atoms with Crippen molar-refractivity contribution in [3.63, 3.8) is 0 Å². The zero-order chi connectivity index (χ0) is 24.2. The number of nitrogens with one attached hydrogen (secondary N) is 2. The van der Waals surface area contributed by atoms with Gasteiger partial charge in [0.1, 0.15) is 5.69 Å². The van der Waals surface area contributed by atoms with Gasteiger partial charge in [0.2, 0.25) is 16.9 Å². The Morgan fingerprint density at radius 2 is 1.94 bits per heavy atom. The maximum Gasteiger partial charge on any atom is 0.295 e. The van der Waals surface area contributed by atoms with Crippen molar-refractivity contribution in [1.29, 1.82) is 0 Å². The zero-order valence-electron chi connectivity index (χ0n) is 19.1. The standard InChI is InChI=1S/C23H26N6O3S2/c1-14-18(21(32)29(28(14)3)17-12-8-5-9-13-17)24-19(30)15(2)33-23-27-26-22(34-23)25-20(31)16-10-6-4-7-11-16/h4-6,8-9,12-13,15-16H,7,10-11H2,1-3H3,(H,24,30)(H,25,26,31)/t15-,16+/m0/s1. The average Bonchev–Trinajstić information content (AvgIpc) is 3.37. The number of anilines is 2. The highest BCUT2D eigenvalue weighted by molar-refractivity contribution is 8.02. The molecule has 2 atom stereocenters. The van der Waals surface area contributed by atoms with E-state index >= 15 is 0 Å². The number of carbonyl (C=O) groups excluding carboxylic acids is 2. The van der Waals surface area contributed by atoms with Crippen LogP contribution in [0.3, 0.4) is 0 Å². The lowest BCUT2D eigenvalue weighted by Gasteiger charge is -2.15. The highest BCUT2D eigenvalue weighted by Gasteiger charge is 2.24. The number of thioether (sulfide) groups is 1. The Bertz CT molecular complexity index is 1280. The fourth-order valence-corrected chi connectivity index (χ4v) is 5.59. The zero-order valence-corrected chi connectivity index (χ0v) is 20.8. The van der Waals surface area contributed by atoms with Gasteiger partial charge in [-0.25, -0.2) is 4.68 Å². The monoisotopic (exact) mass is 498 g/mol. The van der Waals surface area contributed by atoms with E-state index in [4.69, 9.17) is 0 Å². The molecule has 0 spiro atoms. The Labute approximate surface area is 205 Å². The number of hydrogen-bond acceptors (Lipinski definition) is 7. The van der Waals surface area contributed by atoms with E-state index in [1.807, 2.05) is 36.4 Å².